The van der Waals surface area contributed by atoms with E-state index in [1.807, 2.05) is 30.3 Å². The fourth-order valence-corrected chi connectivity index (χ4v) is 4.36. The van der Waals surface area contributed by atoms with Gasteiger partial charge in [-0.05, 0) is 53.9 Å². The van der Waals surface area contributed by atoms with E-state index in [-0.39, 0.29) is 17.7 Å². The molecule has 0 spiro atoms. The molecule has 0 aliphatic carbocycles. The van der Waals surface area contributed by atoms with E-state index in [2.05, 4.69) is 34.1 Å². The number of rotatable bonds is 7. The Kier molecular flexibility index (Phi) is 6.83. The molecule has 32 heavy (non-hydrogen) atoms. The van der Waals surface area contributed by atoms with E-state index in [4.69, 9.17) is 9.47 Å². The van der Waals surface area contributed by atoms with E-state index in [0.29, 0.717) is 0 Å². The van der Waals surface area contributed by atoms with Gasteiger partial charge in [0.1, 0.15) is 23.0 Å². The number of phenols is 2. The second-order valence-corrected chi connectivity index (χ2v) is 8.11. The molecule has 0 saturated carbocycles. The Labute approximate surface area is 189 Å². The molecule has 2 N–H and O–H groups in total. The summed E-state index contributed by atoms with van der Waals surface area (Å²) in [5.74, 6) is 1.84. The molecule has 3 aromatic carbocycles. The Morgan fingerprint density at radius 2 is 1.25 bits per heavy atom. The molecule has 6 nitrogen and oxygen atoms in total. The molecule has 0 radical (unpaired) electrons. The number of ether oxygens (including phenoxy) is 2. The van der Waals surface area contributed by atoms with E-state index < -0.39 is 0 Å². The van der Waals surface area contributed by atoms with Crippen molar-refractivity contribution in [3.8, 4) is 23.0 Å². The SMILES string of the molecule is COc1ccc(CN2CCCN(Cc3ccc(OC)cc3)C2c2ccc(O)cc2O)cc1. The van der Waals surface area contributed by atoms with Crippen LogP contribution < -0.4 is 9.47 Å². The Morgan fingerprint density at radius 3 is 1.69 bits per heavy atom. The van der Waals surface area contributed by atoms with E-state index in [9.17, 15) is 10.2 Å². The van der Waals surface area contributed by atoms with Crippen molar-refractivity contribution in [2.45, 2.75) is 25.7 Å². The number of aromatic hydroxyl groups is 2. The minimum absolute atomic E-state index is 0.0606. The van der Waals surface area contributed by atoms with Gasteiger partial charge in [0.25, 0.3) is 0 Å². The number of hydrogen-bond donors (Lipinski definition) is 2. The lowest BCUT2D eigenvalue weighted by Gasteiger charge is -2.44. The number of hydrogen-bond acceptors (Lipinski definition) is 6. The van der Waals surface area contributed by atoms with Crippen LogP contribution in [0.3, 0.4) is 0 Å². The summed E-state index contributed by atoms with van der Waals surface area (Å²) >= 11 is 0. The van der Waals surface area contributed by atoms with Crippen molar-refractivity contribution in [2.75, 3.05) is 27.3 Å². The Morgan fingerprint density at radius 1 is 0.750 bits per heavy atom. The zero-order valence-electron chi connectivity index (χ0n) is 18.6. The summed E-state index contributed by atoms with van der Waals surface area (Å²) in [6.07, 6.45) is 0.912. The number of benzene rings is 3. The number of methoxy groups -OCH3 is 2. The summed E-state index contributed by atoms with van der Waals surface area (Å²) in [4.78, 5) is 4.75. The lowest BCUT2D eigenvalue weighted by Crippen LogP contribution is -2.46. The van der Waals surface area contributed by atoms with Crippen molar-refractivity contribution < 1.29 is 19.7 Å². The maximum atomic E-state index is 10.7. The molecule has 4 rings (SSSR count). The van der Waals surface area contributed by atoms with Crippen molar-refractivity contribution in [1.82, 2.24) is 9.80 Å². The Hall–Kier alpha value is -3.22. The Balaban J connectivity index is 1.64. The van der Waals surface area contributed by atoms with Gasteiger partial charge in [-0.3, -0.25) is 9.80 Å². The van der Waals surface area contributed by atoms with E-state index in [1.165, 1.54) is 17.2 Å². The van der Waals surface area contributed by atoms with Crippen LogP contribution in [0.5, 0.6) is 23.0 Å². The standard InChI is InChI=1S/C26H30N2O4/c1-31-22-9-4-19(5-10-22)17-27-14-3-15-28(18-20-6-11-23(32-2)12-7-20)26(27)24-13-8-21(29)16-25(24)30/h4-13,16,26,29-30H,3,14-15,17-18H2,1-2H3. The number of nitrogens with zero attached hydrogens (tertiary/aromatic N) is 2. The third-order valence-corrected chi connectivity index (χ3v) is 5.96. The van der Waals surface area contributed by atoms with Crippen LogP contribution in [-0.2, 0) is 13.1 Å². The molecule has 0 atom stereocenters. The summed E-state index contributed by atoms with van der Waals surface area (Å²) in [6.45, 7) is 3.31. The first kappa shape index (κ1) is 22.0. The summed E-state index contributed by atoms with van der Waals surface area (Å²) in [5.41, 5.74) is 3.16. The second-order valence-electron chi connectivity index (χ2n) is 8.11. The monoisotopic (exact) mass is 434 g/mol. The van der Waals surface area contributed by atoms with Crippen LogP contribution in [0, 0.1) is 0 Å². The molecule has 3 aromatic rings. The lowest BCUT2D eigenvalue weighted by atomic mass is 10.0. The maximum absolute atomic E-state index is 10.7. The molecular formula is C26H30N2O4. The summed E-state index contributed by atoms with van der Waals surface area (Å²) in [7, 11) is 3.33. The van der Waals surface area contributed by atoms with Gasteiger partial charge in [0, 0.05) is 37.8 Å². The highest BCUT2D eigenvalue weighted by molar-refractivity contribution is 5.41. The van der Waals surface area contributed by atoms with E-state index in [1.54, 1.807) is 20.3 Å². The average molecular weight is 435 g/mol. The van der Waals surface area contributed by atoms with Crippen LogP contribution in [0.25, 0.3) is 0 Å². The zero-order valence-corrected chi connectivity index (χ0v) is 18.6. The van der Waals surface area contributed by atoms with Gasteiger partial charge >= 0.3 is 0 Å². The van der Waals surface area contributed by atoms with Crippen LogP contribution >= 0.6 is 0 Å². The molecule has 6 heteroatoms. The largest absolute Gasteiger partial charge is 0.508 e. The fraction of sp³-hybridized carbons (Fsp3) is 0.308. The van der Waals surface area contributed by atoms with Crippen LogP contribution in [0.2, 0.25) is 0 Å². The topological polar surface area (TPSA) is 65.4 Å². The number of phenolic OH excluding ortho intramolecular Hbond substituents is 2. The predicted molar refractivity (Wildman–Crippen MR) is 124 cm³/mol. The highest BCUT2D eigenvalue weighted by atomic mass is 16.5. The van der Waals surface area contributed by atoms with Crippen molar-refractivity contribution in [2.24, 2.45) is 0 Å². The van der Waals surface area contributed by atoms with Gasteiger partial charge in [-0.25, -0.2) is 0 Å². The predicted octanol–water partition coefficient (Wildman–Crippen LogP) is 4.52. The molecule has 0 amide bonds. The molecule has 1 saturated heterocycles. The van der Waals surface area contributed by atoms with Crippen molar-refractivity contribution in [3.05, 3.63) is 83.4 Å². The van der Waals surface area contributed by atoms with Gasteiger partial charge in [0.15, 0.2) is 0 Å². The quantitative estimate of drug-likeness (QED) is 0.570. The van der Waals surface area contributed by atoms with Gasteiger partial charge < -0.3 is 19.7 Å². The normalized spacial score (nSPS) is 15.6. The van der Waals surface area contributed by atoms with Crippen LogP contribution in [0.4, 0.5) is 0 Å². The van der Waals surface area contributed by atoms with E-state index in [0.717, 1.165) is 49.7 Å². The van der Waals surface area contributed by atoms with Gasteiger partial charge in [0.05, 0.1) is 20.4 Å². The smallest absolute Gasteiger partial charge is 0.125 e. The first-order chi connectivity index (χ1) is 15.6. The minimum Gasteiger partial charge on any atom is -0.508 e. The fourth-order valence-electron chi connectivity index (χ4n) is 4.36. The van der Waals surface area contributed by atoms with Crippen LogP contribution in [0.1, 0.15) is 29.3 Å². The third kappa shape index (κ3) is 4.98. The average Bonchev–Trinajstić information content (AvgIpc) is 2.81. The molecule has 0 unspecified atom stereocenters. The van der Waals surface area contributed by atoms with Gasteiger partial charge in [-0.2, -0.15) is 0 Å². The molecule has 1 aliphatic rings. The van der Waals surface area contributed by atoms with E-state index >= 15 is 0 Å². The minimum atomic E-state index is -0.117. The summed E-state index contributed by atoms with van der Waals surface area (Å²) in [5, 5.41) is 20.5. The Bertz CT molecular complexity index is 964. The maximum Gasteiger partial charge on any atom is 0.125 e. The highest BCUT2D eigenvalue weighted by Gasteiger charge is 2.32. The van der Waals surface area contributed by atoms with Gasteiger partial charge in [0.2, 0.25) is 0 Å². The lowest BCUT2D eigenvalue weighted by molar-refractivity contribution is -0.0104. The molecule has 0 bridgehead atoms. The van der Waals surface area contributed by atoms with Crippen molar-refractivity contribution in [3.63, 3.8) is 0 Å². The first-order valence-corrected chi connectivity index (χ1v) is 10.8. The highest BCUT2D eigenvalue weighted by Crippen LogP contribution is 2.38. The van der Waals surface area contributed by atoms with Crippen LogP contribution in [-0.4, -0.2) is 47.3 Å². The molecule has 1 fully saturated rings. The third-order valence-electron chi connectivity index (χ3n) is 5.96. The molecule has 1 heterocycles. The second kappa shape index (κ2) is 9.94. The van der Waals surface area contributed by atoms with Gasteiger partial charge in [-0.15, -0.1) is 0 Å². The first-order valence-electron chi connectivity index (χ1n) is 10.8. The van der Waals surface area contributed by atoms with Crippen molar-refractivity contribution in [1.29, 1.82) is 0 Å². The van der Waals surface area contributed by atoms with Crippen molar-refractivity contribution >= 4 is 0 Å². The van der Waals surface area contributed by atoms with Crippen LogP contribution in [0.15, 0.2) is 66.7 Å². The summed E-state index contributed by atoms with van der Waals surface area (Å²) in [6, 6.07) is 21.1. The zero-order chi connectivity index (χ0) is 22.5. The molecule has 0 aromatic heterocycles. The summed E-state index contributed by atoms with van der Waals surface area (Å²) < 4.78 is 10.6. The van der Waals surface area contributed by atoms with Gasteiger partial charge in [-0.1, -0.05) is 24.3 Å². The molecular weight excluding hydrogens is 404 g/mol. The molecule has 168 valence electrons. The molecule has 1 aliphatic heterocycles.